The van der Waals surface area contributed by atoms with Crippen LogP contribution in [0, 0.1) is 5.92 Å². The minimum absolute atomic E-state index is 0.0628. The molecule has 0 heterocycles. The van der Waals surface area contributed by atoms with E-state index in [0.29, 0.717) is 13.2 Å². The molecule has 82 valence electrons. The SMILES string of the molecule is CCCOC(CC1CC1)C(=O)NCC. The van der Waals surface area contributed by atoms with Crippen molar-refractivity contribution in [3.05, 3.63) is 0 Å². The number of hydrogen-bond acceptors (Lipinski definition) is 2. The summed E-state index contributed by atoms with van der Waals surface area (Å²) in [7, 11) is 0. The molecule has 1 aliphatic carbocycles. The van der Waals surface area contributed by atoms with Crippen molar-refractivity contribution in [2.45, 2.75) is 45.6 Å². The van der Waals surface area contributed by atoms with Gasteiger partial charge in [-0.2, -0.15) is 0 Å². The summed E-state index contributed by atoms with van der Waals surface area (Å²) in [5, 5.41) is 2.82. The summed E-state index contributed by atoms with van der Waals surface area (Å²) in [6, 6.07) is 0. The van der Waals surface area contributed by atoms with Crippen LogP contribution in [-0.4, -0.2) is 25.2 Å². The molecule has 0 bridgehead atoms. The maximum Gasteiger partial charge on any atom is 0.249 e. The van der Waals surface area contributed by atoms with Crippen LogP contribution in [0.3, 0.4) is 0 Å². The largest absolute Gasteiger partial charge is 0.368 e. The Morgan fingerprint density at radius 2 is 2.21 bits per heavy atom. The van der Waals surface area contributed by atoms with Crippen LogP contribution in [0.15, 0.2) is 0 Å². The molecule has 3 nitrogen and oxygen atoms in total. The Hall–Kier alpha value is -0.570. The number of nitrogens with one attached hydrogen (secondary N) is 1. The van der Waals surface area contributed by atoms with Gasteiger partial charge in [0.25, 0.3) is 0 Å². The Balaban J connectivity index is 2.29. The molecule has 1 N–H and O–H groups in total. The van der Waals surface area contributed by atoms with Crippen LogP contribution in [0.2, 0.25) is 0 Å². The topological polar surface area (TPSA) is 38.3 Å². The van der Waals surface area contributed by atoms with Crippen LogP contribution in [0.5, 0.6) is 0 Å². The van der Waals surface area contributed by atoms with Gasteiger partial charge in [0.2, 0.25) is 5.91 Å². The third-order valence-electron chi connectivity index (χ3n) is 2.41. The van der Waals surface area contributed by atoms with Gasteiger partial charge in [0.1, 0.15) is 6.10 Å². The zero-order valence-electron chi connectivity index (χ0n) is 9.21. The molecule has 1 amide bonds. The maximum absolute atomic E-state index is 11.6. The fourth-order valence-corrected chi connectivity index (χ4v) is 1.46. The third kappa shape index (κ3) is 4.09. The van der Waals surface area contributed by atoms with Crippen LogP contribution in [0.25, 0.3) is 0 Å². The van der Waals surface area contributed by atoms with Crippen LogP contribution >= 0.6 is 0 Å². The van der Waals surface area contributed by atoms with Crippen molar-refractivity contribution in [3.8, 4) is 0 Å². The summed E-state index contributed by atoms with van der Waals surface area (Å²) >= 11 is 0. The molecule has 1 rings (SSSR count). The summed E-state index contributed by atoms with van der Waals surface area (Å²) in [5.74, 6) is 0.798. The Labute approximate surface area is 86.2 Å². The first-order chi connectivity index (χ1) is 6.77. The van der Waals surface area contributed by atoms with E-state index in [9.17, 15) is 4.79 Å². The highest BCUT2D eigenvalue weighted by Gasteiger charge is 2.29. The Bertz CT molecular complexity index is 178. The lowest BCUT2D eigenvalue weighted by Crippen LogP contribution is -2.36. The molecule has 0 radical (unpaired) electrons. The summed E-state index contributed by atoms with van der Waals surface area (Å²) < 4.78 is 5.54. The molecule has 0 saturated heterocycles. The lowest BCUT2D eigenvalue weighted by Gasteiger charge is -2.16. The smallest absolute Gasteiger partial charge is 0.249 e. The van der Waals surface area contributed by atoms with Gasteiger partial charge in [-0.1, -0.05) is 19.8 Å². The fourth-order valence-electron chi connectivity index (χ4n) is 1.46. The number of carbonyl (C=O) groups is 1. The highest BCUT2D eigenvalue weighted by atomic mass is 16.5. The van der Waals surface area contributed by atoms with Gasteiger partial charge in [0, 0.05) is 13.2 Å². The summed E-state index contributed by atoms with van der Waals surface area (Å²) in [6.45, 7) is 5.38. The van der Waals surface area contributed by atoms with Gasteiger partial charge >= 0.3 is 0 Å². The van der Waals surface area contributed by atoms with Crippen LogP contribution in [-0.2, 0) is 9.53 Å². The normalized spacial score (nSPS) is 17.9. The lowest BCUT2D eigenvalue weighted by molar-refractivity contribution is -0.133. The highest BCUT2D eigenvalue weighted by Crippen LogP contribution is 2.34. The van der Waals surface area contributed by atoms with E-state index in [-0.39, 0.29) is 12.0 Å². The molecule has 0 aromatic heterocycles. The van der Waals surface area contributed by atoms with E-state index in [4.69, 9.17) is 4.74 Å². The summed E-state index contributed by atoms with van der Waals surface area (Å²) in [6.07, 6.45) is 4.21. The Morgan fingerprint density at radius 3 is 2.71 bits per heavy atom. The van der Waals surface area contributed by atoms with Gasteiger partial charge in [-0.05, 0) is 25.7 Å². The number of amides is 1. The summed E-state index contributed by atoms with van der Waals surface area (Å²) in [5.41, 5.74) is 0. The third-order valence-corrected chi connectivity index (χ3v) is 2.41. The van der Waals surface area contributed by atoms with Crippen LogP contribution < -0.4 is 5.32 Å². The van der Waals surface area contributed by atoms with Crippen molar-refractivity contribution in [1.29, 1.82) is 0 Å². The van der Waals surface area contributed by atoms with Crippen molar-refractivity contribution in [1.82, 2.24) is 5.32 Å². The van der Waals surface area contributed by atoms with E-state index in [2.05, 4.69) is 12.2 Å². The molecular formula is C11H21NO2. The van der Waals surface area contributed by atoms with Gasteiger partial charge in [-0.25, -0.2) is 0 Å². The maximum atomic E-state index is 11.6. The van der Waals surface area contributed by atoms with Crippen molar-refractivity contribution < 1.29 is 9.53 Å². The van der Waals surface area contributed by atoms with Crippen LogP contribution in [0.1, 0.15) is 39.5 Å². The minimum Gasteiger partial charge on any atom is -0.368 e. The lowest BCUT2D eigenvalue weighted by atomic mass is 10.1. The average Bonchev–Trinajstić information content (AvgIpc) is 2.96. The zero-order chi connectivity index (χ0) is 10.4. The van der Waals surface area contributed by atoms with Gasteiger partial charge in [0.15, 0.2) is 0 Å². The van der Waals surface area contributed by atoms with E-state index in [1.54, 1.807) is 0 Å². The number of carbonyl (C=O) groups excluding carboxylic acids is 1. The number of ether oxygens (including phenoxy) is 1. The number of likely N-dealkylation sites (N-methyl/N-ethyl adjacent to an activating group) is 1. The van der Waals surface area contributed by atoms with Crippen molar-refractivity contribution in [2.75, 3.05) is 13.2 Å². The first kappa shape index (κ1) is 11.5. The minimum atomic E-state index is -0.206. The molecule has 0 aromatic carbocycles. The fraction of sp³-hybridized carbons (Fsp3) is 0.909. The van der Waals surface area contributed by atoms with E-state index in [1.807, 2.05) is 6.92 Å². The quantitative estimate of drug-likeness (QED) is 0.678. The van der Waals surface area contributed by atoms with E-state index in [1.165, 1.54) is 12.8 Å². The zero-order valence-corrected chi connectivity index (χ0v) is 9.21. The van der Waals surface area contributed by atoms with Crippen LogP contribution in [0.4, 0.5) is 0 Å². The van der Waals surface area contributed by atoms with E-state index >= 15 is 0 Å². The molecule has 1 saturated carbocycles. The van der Waals surface area contributed by atoms with Crippen molar-refractivity contribution in [2.24, 2.45) is 5.92 Å². The van der Waals surface area contributed by atoms with Crippen molar-refractivity contribution >= 4 is 5.91 Å². The molecule has 1 fully saturated rings. The monoisotopic (exact) mass is 199 g/mol. The second kappa shape index (κ2) is 6.02. The summed E-state index contributed by atoms with van der Waals surface area (Å²) in [4.78, 5) is 11.6. The number of rotatable bonds is 7. The second-order valence-electron chi connectivity index (χ2n) is 3.93. The van der Waals surface area contributed by atoms with Crippen molar-refractivity contribution in [3.63, 3.8) is 0 Å². The molecule has 0 spiro atoms. The molecule has 1 atom stereocenters. The molecule has 3 heteroatoms. The van der Waals surface area contributed by atoms with E-state index in [0.717, 1.165) is 18.8 Å². The molecule has 0 aromatic rings. The first-order valence-corrected chi connectivity index (χ1v) is 5.67. The molecule has 14 heavy (non-hydrogen) atoms. The Kier molecular flexibility index (Phi) is 4.94. The second-order valence-corrected chi connectivity index (χ2v) is 3.93. The first-order valence-electron chi connectivity index (χ1n) is 5.67. The molecule has 0 aliphatic heterocycles. The highest BCUT2D eigenvalue weighted by molar-refractivity contribution is 5.80. The van der Waals surface area contributed by atoms with Gasteiger partial charge < -0.3 is 10.1 Å². The molecule has 1 aliphatic rings. The van der Waals surface area contributed by atoms with Gasteiger partial charge in [-0.15, -0.1) is 0 Å². The average molecular weight is 199 g/mol. The van der Waals surface area contributed by atoms with Gasteiger partial charge in [-0.3, -0.25) is 4.79 Å². The predicted molar refractivity (Wildman–Crippen MR) is 56.1 cm³/mol. The Morgan fingerprint density at radius 1 is 1.50 bits per heavy atom. The standard InChI is InChI=1S/C11H21NO2/c1-3-7-14-10(8-9-5-6-9)11(13)12-4-2/h9-10H,3-8H2,1-2H3,(H,12,13). The molecule has 1 unspecified atom stereocenters. The molecular weight excluding hydrogens is 178 g/mol. The predicted octanol–water partition coefficient (Wildman–Crippen LogP) is 1.72. The number of hydrogen-bond donors (Lipinski definition) is 1. The van der Waals surface area contributed by atoms with Gasteiger partial charge in [0.05, 0.1) is 0 Å². The van der Waals surface area contributed by atoms with E-state index < -0.39 is 0 Å².